The molecule has 1 fully saturated rings. The van der Waals surface area contributed by atoms with E-state index in [2.05, 4.69) is 12.8 Å². The summed E-state index contributed by atoms with van der Waals surface area (Å²) in [4.78, 5) is 0. The van der Waals surface area contributed by atoms with E-state index in [1.54, 1.807) is 0 Å². The van der Waals surface area contributed by atoms with Crippen molar-refractivity contribution in [3.8, 4) is 0 Å². The van der Waals surface area contributed by atoms with E-state index in [-0.39, 0.29) is 16.3 Å². The Morgan fingerprint density at radius 1 is 1.06 bits per heavy atom. The summed E-state index contributed by atoms with van der Waals surface area (Å²) in [6, 6.07) is 0. The highest BCUT2D eigenvalue weighted by Gasteiger charge is 2.39. The van der Waals surface area contributed by atoms with Crippen LogP contribution in [0.5, 0.6) is 0 Å². The summed E-state index contributed by atoms with van der Waals surface area (Å²) in [6.45, 7) is 1.95. The fourth-order valence-electron chi connectivity index (χ4n) is 2.37. The molecule has 0 atom stereocenters. The molecule has 0 aliphatic heterocycles. The van der Waals surface area contributed by atoms with E-state index in [1.807, 2.05) is 6.92 Å². The number of hydrogen-bond acceptors (Lipinski definition) is 2. The Hall–Kier alpha value is 0.100. The quantitative estimate of drug-likeness (QED) is 0.565. The fraction of sp³-hybridized carbons (Fsp3) is 1.00. The molecule has 16 heavy (non-hydrogen) atoms. The van der Waals surface area contributed by atoms with E-state index in [4.69, 9.17) is 0 Å². The average molecular weight is 255 g/mol. The molecule has 0 radical (unpaired) electrons. The summed E-state index contributed by atoms with van der Waals surface area (Å²) in [6.07, 6.45) is 3.02. The molecule has 1 aliphatic carbocycles. The molecule has 96 valence electrons. The van der Waals surface area contributed by atoms with Crippen molar-refractivity contribution in [1.29, 1.82) is 0 Å². The first-order valence-electron chi connectivity index (χ1n) is 5.87. The molecule has 1 saturated carbocycles. The predicted molar refractivity (Wildman–Crippen MR) is 62.2 cm³/mol. The Kier molecular flexibility index (Phi) is 4.98. The SMILES string of the molecule is CC1(CN(S)C(F)(F)F)CCCCCCC1. The predicted octanol–water partition coefficient (Wildman–Crippen LogP) is 4.40. The lowest BCUT2D eigenvalue weighted by Gasteiger charge is -2.35. The Morgan fingerprint density at radius 3 is 1.94 bits per heavy atom. The van der Waals surface area contributed by atoms with Gasteiger partial charge in [-0.2, -0.15) is 17.5 Å². The van der Waals surface area contributed by atoms with Gasteiger partial charge in [0, 0.05) is 6.54 Å². The van der Waals surface area contributed by atoms with Gasteiger partial charge in [0.2, 0.25) is 0 Å². The van der Waals surface area contributed by atoms with Crippen molar-refractivity contribution in [2.24, 2.45) is 5.41 Å². The summed E-state index contributed by atoms with van der Waals surface area (Å²) in [7, 11) is 0. The molecule has 0 saturated heterocycles. The highest BCUT2D eigenvalue weighted by atomic mass is 32.1. The molecular formula is C11H20F3NS. The minimum Gasteiger partial charge on any atom is -0.161 e. The van der Waals surface area contributed by atoms with Crippen molar-refractivity contribution in [2.75, 3.05) is 6.54 Å². The largest absolute Gasteiger partial charge is 0.469 e. The third kappa shape index (κ3) is 4.53. The zero-order valence-corrected chi connectivity index (χ0v) is 10.6. The minimum atomic E-state index is -4.32. The Labute approximate surface area is 101 Å². The van der Waals surface area contributed by atoms with Crippen LogP contribution in [0.25, 0.3) is 0 Å². The van der Waals surface area contributed by atoms with Gasteiger partial charge in [-0.25, -0.2) is 0 Å². The van der Waals surface area contributed by atoms with Gasteiger partial charge in [0.15, 0.2) is 0 Å². The summed E-state index contributed by atoms with van der Waals surface area (Å²) in [5.74, 6) is 0. The van der Waals surface area contributed by atoms with Crippen LogP contribution in [0.2, 0.25) is 0 Å². The zero-order valence-electron chi connectivity index (χ0n) is 9.69. The summed E-state index contributed by atoms with van der Waals surface area (Å²) in [5.41, 5.74) is -0.238. The van der Waals surface area contributed by atoms with Gasteiger partial charge in [0.1, 0.15) is 0 Å². The highest BCUT2D eigenvalue weighted by molar-refractivity contribution is 7.77. The van der Waals surface area contributed by atoms with Gasteiger partial charge in [0.05, 0.1) is 0 Å². The van der Waals surface area contributed by atoms with Gasteiger partial charge < -0.3 is 0 Å². The lowest BCUT2D eigenvalue weighted by Crippen LogP contribution is -2.39. The van der Waals surface area contributed by atoms with Gasteiger partial charge >= 0.3 is 6.30 Å². The lowest BCUT2D eigenvalue weighted by molar-refractivity contribution is -0.212. The third-order valence-electron chi connectivity index (χ3n) is 3.38. The number of rotatable bonds is 2. The van der Waals surface area contributed by atoms with Crippen molar-refractivity contribution in [3.05, 3.63) is 0 Å². The smallest absolute Gasteiger partial charge is 0.161 e. The molecule has 0 spiro atoms. The van der Waals surface area contributed by atoms with Crippen LogP contribution in [-0.2, 0) is 0 Å². The monoisotopic (exact) mass is 255 g/mol. The van der Waals surface area contributed by atoms with Crippen molar-refractivity contribution >= 4 is 12.8 Å². The molecule has 0 bridgehead atoms. The molecule has 0 aromatic carbocycles. The van der Waals surface area contributed by atoms with E-state index in [1.165, 1.54) is 6.42 Å². The number of halogens is 3. The molecule has 1 aliphatic rings. The maximum atomic E-state index is 12.4. The van der Waals surface area contributed by atoms with Gasteiger partial charge in [-0.15, -0.1) is 0 Å². The summed E-state index contributed by atoms with van der Waals surface area (Å²) in [5, 5.41) is 0. The summed E-state index contributed by atoms with van der Waals surface area (Å²) >= 11 is 3.55. The molecule has 5 heteroatoms. The second kappa shape index (κ2) is 5.63. The molecule has 0 N–H and O–H groups in total. The van der Waals surface area contributed by atoms with Crippen LogP contribution < -0.4 is 0 Å². The van der Waals surface area contributed by atoms with Crippen LogP contribution in [0.3, 0.4) is 0 Å². The van der Waals surface area contributed by atoms with Gasteiger partial charge in [-0.05, 0) is 18.3 Å². The van der Waals surface area contributed by atoms with Crippen LogP contribution in [-0.4, -0.2) is 17.2 Å². The van der Waals surface area contributed by atoms with Gasteiger partial charge in [-0.1, -0.05) is 51.8 Å². The number of thiol groups is 1. The molecule has 0 unspecified atom stereocenters. The second-order valence-corrected chi connectivity index (χ2v) is 5.59. The Bertz CT molecular complexity index is 210. The van der Waals surface area contributed by atoms with Gasteiger partial charge in [0.25, 0.3) is 0 Å². The Balaban J connectivity index is 2.53. The van der Waals surface area contributed by atoms with Crippen molar-refractivity contribution < 1.29 is 13.2 Å². The number of hydrogen-bond donors (Lipinski definition) is 1. The molecule has 1 nitrogen and oxygen atoms in total. The first-order valence-corrected chi connectivity index (χ1v) is 6.27. The summed E-state index contributed by atoms with van der Waals surface area (Å²) < 4.78 is 37.4. The molecule has 0 heterocycles. The second-order valence-electron chi connectivity index (χ2n) is 5.10. The maximum absolute atomic E-state index is 12.4. The van der Waals surface area contributed by atoms with Gasteiger partial charge in [-0.3, -0.25) is 0 Å². The zero-order chi connectivity index (χ0) is 12.2. The third-order valence-corrected chi connectivity index (χ3v) is 3.75. The van der Waals surface area contributed by atoms with E-state index in [0.29, 0.717) is 0 Å². The number of alkyl halides is 3. The van der Waals surface area contributed by atoms with Crippen molar-refractivity contribution in [1.82, 2.24) is 4.31 Å². The standard InChI is InChI=1S/C11H20F3NS/c1-10(9-15(16)11(12,13)14)7-5-3-2-4-6-8-10/h16H,2-9H2,1H3. The first kappa shape index (κ1) is 14.2. The topological polar surface area (TPSA) is 3.24 Å². The van der Waals surface area contributed by atoms with Crippen molar-refractivity contribution in [2.45, 2.75) is 58.2 Å². The molecular weight excluding hydrogens is 235 g/mol. The first-order chi connectivity index (χ1) is 7.33. The van der Waals surface area contributed by atoms with Crippen LogP contribution in [0.1, 0.15) is 51.9 Å². The van der Waals surface area contributed by atoms with Crippen LogP contribution in [0.4, 0.5) is 13.2 Å². The van der Waals surface area contributed by atoms with E-state index in [9.17, 15) is 13.2 Å². The minimum absolute atomic E-state index is 0.000386. The highest BCUT2D eigenvalue weighted by Crippen LogP contribution is 2.37. The Morgan fingerprint density at radius 2 is 1.50 bits per heavy atom. The fourth-order valence-corrected chi connectivity index (χ4v) is 2.71. The number of nitrogens with zero attached hydrogens (tertiary/aromatic N) is 1. The average Bonchev–Trinajstić information content (AvgIpc) is 2.11. The van der Waals surface area contributed by atoms with E-state index >= 15 is 0 Å². The molecule has 0 aromatic heterocycles. The lowest BCUT2D eigenvalue weighted by atomic mass is 9.78. The maximum Gasteiger partial charge on any atom is 0.469 e. The molecule has 0 amide bonds. The normalized spacial score (nSPS) is 22.9. The molecule has 1 rings (SSSR count). The molecule has 0 aromatic rings. The van der Waals surface area contributed by atoms with Crippen LogP contribution in [0, 0.1) is 5.41 Å². The van der Waals surface area contributed by atoms with Crippen LogP contribution in [0.15, 0.2) is 0 Å². The van der Waals surface area contributed by atoms with E-state index < -0.39 is 6.30 Å². The van der Waals surface area contributed by atoms with Crippen molar-refractivity contribution in [3.63, 3.8) is 0 Å². The van der Waals surface area contributed by atoms with E-state index in [0.717, 1.165) is 38.5 Å². The van der Waals surface area contributed by atoms with Crippen LogP contribution >= 0.6 is 12.8 Å².